The second-order valence-electron chi connectivity index (χ2n) is 4.67. The summed E-state index contributed by atoms with van der Waals surface area (Å²) in [6.07, 6.45) is 0. The van der Waals surface area contributed by atoms with Gasteiger partial charge in [0.25, 0.3) is 0 Å². The van der Waals surface area contributed by atoms with E-state index in [0.717, 1.165) is 5.56 Å². The van der Waals surface area contributed by atoms with Crippen LogP contribution in [0.4, 0.5) is 0 Å². The Morgan fingerprint density at radius 1 is 1.20 bits per heavy atom. The van der Waals surface area contributed by atoms with Gasteiger partial charge in [-0.3, -0.25) is 0 Å². The number of aryl methyl sites for hydroxylation is 2. The Balaban J connectivity index is 2.15. The van der Waals surface area contributed by atoms with Crippen LogP contribution in [0.1, 0.15) is 27.0 Å². The third-order valence-electron chi connectivity index (χ3n) is 3.07. The first-order valence-corrected chi connectivity index (χ1v) is 6.98. The van der Waals surface area contributed by atoms with Crippen LogP contribution in [0.3, 0.4) is 0 Å². The Bertz CT molecular complexity index is 650. The van der Waals surface area contributed by atoms with Crippen molar-refractivity contribution < 1.29 is 14.6 Å². The Morgan fingerprint density at radius 2 is 1.95 bits per heavy atom. The van der Waals surface area contributed by atoms with E-state index in [4.69, 9.17) is 9.84 Å². The molecule has 0 saturated heterocycles. The fraction of sp³-hybridized carbons (Fsp3) is 0.188. The lowest BCUT2D eigenvalue weighted by atomic mass is 10.1. The van der Waals surface area contributed by atoms with E-state index in [1.807, 2.05) is 13.8 Å². The Kier molecular flexibility index (Phi) is 4.45. The third kappa shape index (κ3) is 3.39. The first kappa shape index (κ1) is 14.6. The van der Waals surface area contributed by atoms with E-state index in [1.165, 1.54) is 17.2 Å². The van der Waals surface area contributed by atoms with Crippen LogP contribution < -0.4 is 4.74 Å². The van der Waals surface area contributed by atoms with Crippen LogP contribution in [0.15, 0.2) is 40.9 Å². The number of hydrogen-bond acceptors (Lipinski definition) is 2. The van der Waals surface area contributed by atoms with Gasteiger partial charge in [0.1, 0.15) is 12.4 Å². The van der Waals surface area contributed by atoms with Crippen molar-refractivity contribution in [1.29, 1.82) is 0 Å². The van der Waals surface area contributed by atoms with E-state index >= 15 is 0 Å². The summed E-state index contributed by atoms with van der Waals surface area (Å²) in [5.41, 5.74) is 3.72. The summed E-state index contributed by atoms with van der Waals surface area (Å²) in [7, 11) is 0. The van der Waals surface area contributed by atoms with Gasteiger partial charge < -0.3 is 9.84 Å². The quantitative estimate of drug-likeness (QED) is 0.904. The maximum absolute atomic E-state index is 10.9. The lowest BCUT2D eigenvalue weighted by Crippen LogP contribution is -2.01. The minimum atomic E-state index is -0.952. The minimum Gasteiger partial charge on any atom is -0.488 e. The highest BCUT2D eigenvalue weighted by Crippen LogP contribution is 2.27. The molecule has 2 aromatic carbocycles. The van der Waals surface area contributed by atoms with Crippen LogP contribution in [0.25, 0.3) is 0 Å². The molecular weight excluding hydrogens is 320 g/mol. The van der Waals surface area contributed by atoms with Crippen LogP contribution in [0.2, 0.25) is 0 Å². The monoisotopic (exact) mass is 334 g/mol. The van der Waals surface area contributed by atoms with Crippen LogP contribution in [0.5, 0.6) is 5.75 Å². The lowest BCUT2D eigenvalue weighted by molar-refractivity contribution is 0.0696. The Morgan fingerprint density at radius 3 is 2.60 bits per heavy atom. The zero-order chi connectivity index (χ0) is 14.7. The van der Waals surface area contributed by atoms with Gasteiger partial charge >= 0.3 is 5.97 Å². The molecule has 0 amide bonds. The van der Waals surface area contributed by atoms with Gasteiger partial charge in [0.15, 0.2) is 0 Å². The second kappa shape index (κ2) is 6.09. The number of carboxylic acids is 1. The summed E-state index contributed by atoms with van der Waals surface area (Å²) in [6, 6.07) is 11.0. The predicted octanol–water partition coefficient (Wildman–Crippen LogP) is 4.34. The van der Waals surface area contributed by atoms with Gasteiger partial charge in [-0.05, 0) is 59.1 Å². The van der Waals surface area contributed by atoms with Crippen LogP contribution in [-0.2, 0) is 6.61 Å². The van der Waals surface area contributed by atoms with E-state index in [-0.39, 0.29) is 5.56 Å². The number of hydrogen-bond donors (Lipinski definition) is 1. The Hall–Kier alpha value is -1.81. The van der Waals surface area contributed by atoms with Crippen LogP contribution in [-0.4, -0.2) is 11.1 Å². The molecule has 0 fully saturated rings. The fourth-order valence-electron chi connectivity index (χ4n) is 1.86. The largest absolute Gasteiger partial charge is 0.488 e. The Labute approximate surface area is 126 Å². The molecule has 0 aliphatic carbocycles. The molecule has 0 atom stereocenters. The van der Waals surface area contributed by atoms with Crippen molar-refractivity contribution in [2.24, 2.45) is 0 Å². The van der Waals surface area contributed by atoms with E-state index in [1.54, 1.807) is 12.1 Å². The van der Waals surface area contributed by atoms with Crippen molar-refractivity contribution in [3.8, 4) is 5.75 Å². The van der Waals surface area contributed by atoms with Gasteiger partial charge in [0, 0.05) is 0 Å². The van der Waals surface area contributed by atoms with Gasteiger partial charge in [-0.2, -0.15) is 0 Å². The number of ether oxygens (including phenoxy) is 1. The molecule has 0 bridgehead atoms. The molecule has 2 aromatic rings. The highest BCUT2D eigenvalue weighted by molar-refractivity contribution is 9.10. The number of halogens is 1. The van der Waals surface area contributed by atoms with Gasteiger partial charge in [0.2, 0.25) is 0 Å². The summed E-state index contributed by atoms with van der Waals surface area (Å²) in [4.78, 5) is 10.9. The molecule has 0 aliphatic rings. The molecule has 0 radical (unpaired) electrons. The van der Waals surface area contributed by atoms with Crippen molar-refractivity contribution in [2.75, 3.05) is 0 Å². The van der Waals surface area contributed by atoms with Gasteiger partial charge in [-0.15, -0.1) is 0 Å². The lowest BCUT2D eigenvalue weighted by Gasteiger charge is -2.11. The van der Waals surface area contributed by atoms with Gasteiger partial charge in [-0.25, -0.2) is 4.79 Å². The average Bonchev–Trinajstić information content (AvgIpc) is 2.40. The number of benzene rings is 2. The molecule has 20 heavy (non-hydrogen) atoms. The molecule has 1 N–H and O–H groups in total. The first-order chi connectivity index (χ1) is 9.47. The van der Waals surface area contributed by atoms with Crippen molar-refractivity contribution in [1.82, 2.24) is 0 Å². The highest BCUT2D eigenvalue weighted by Gasteiger charge is 2.08. The highest BCUT2D eigenvalue weighted by atomic mass is 79.9. The van der Waals surface area contributed by atoms with E-state index in [0.29, 0.717) is 16.8 Å². The molecule has 0 unspecified atom stereocenters. The van der Waals surface area contributed by atoms with E-state index in [9.17, 15) is 4.79 Å². The summed E-state index contributed by atoms with van der Waals surface area (Å²) < 4.78 is 6.39. The van der Waals surface area contributed by atoms with Crippen molar-refractivity contribution in [2.45, 2.75) is 20.5 Å². The zero-order valence-corrected chi connectivity index (χ0v) is 12.9. The van der Waals surface area contributed by atoms with Crippen molar-refractivity contribution in [3.05, 3.63) is 63.1 Å². The average molecular weight is 335 g/mol. The molecule has 0 aromatic heterocycles. The van der Waals surface area contributed by atoms with Crippen molar-refractivity contribution >= 4 is 21.9 Å². The molecule has 4 heteroatoms. The maximum atomic E-state index is 10.9. The SMILES string of the molecule is Cc1ccc(C)c(COc2ccc(C(=O)O)cc2Br)c1. The molecule has 104 valence electrons. The van der Waals surface area contributed by atoms with E-state index < -0.39 is 5.97 Å². The molecule has 0 saturated carbocycles. The molecule has 0 heterocycles. The standard InChI is InChI=1S/C16H15BrO3/c1-10-3-4-11(2)13(7-10)9-20-15-6-5-12(16(18)19)8-14(15)17/h3-8H,9H2,1-2H3,(H,18,19). The topological polar surface area (TPSA) is 46.5 Å². The molecule has 3 nitrogen and oxygen atoms in total. The number of carboxylic acid groups (broad SMARTS) is 1. The first-order valence-electron chi connectivity index (χ1n) is 6.19. The zero-order valence-electron chi connectivity index (χ0n) is 11.3. The number of aromatic carboxylic acids is 1. The molecule has 0 aliphatic heterocycles. The molecular formula is C16H15BrO3. The predicted molar refractivity (Wildman–Crippen MR) is 81.3 cm³/mol. The smallest absolute Gasteiger partial charge is 0.335 e. The minimum absolute atomic E-state index is 0.232. The number of rotatable bonds is 4. The van der Waals surface area contributed by atoms with Crippen LogP contribution in [0, 0.1) is 13.8 Å². The number of carbonyl (C=O) groups is 1. The summed E-state index contributed by atoms with van der Waals surface area (Å²) in [5.74, 6) is -0.317. The van der Waals surface area contributed by atoms with Crippen molar-refractivity contribution in [3.63, 3.8) is 0 Å². The maximum Gasteiger partial charge on any atom is 0.335 e. The summed E-state index contributed by atoms with van der Waals surface area (Å²) in [6.45, 7) is 4.54. The van der Waals surface area contributed by atoms with Crippen LogP contribution >= 0.6 is 15.9 Å². The third-order valence-corrected chi connectivity index (χ3v) is 3.69. The summed E-state index contributed by atoms with van der Waals surface area (Å²) >= 11 is 3.33. The fourth-order valence-corrected chi connectivity index (χ4v) is 2.36. The normalized spacial score (nSPS) is 10.3. The van der Waals surface area contributed by atoms with Gasteiger partial charge in [0.05, 0.1) is 10.0 Å². The van der Waals surface area contributed by atoms with Gasteiger partial charge in [-0.1, -0.05) is 23.8 Å². The second-order valence-corrected chi connectivity index (χ2v) is 5.52. The summed E-state index contributed by atoms with van der Waals surface area (Å²) in [5, 5.41) is 8.91. The molecule has 2 rings (SSSR count). The van der Waals surface area contributed by atoms with E-state index in [2.05, 4.69) is 34.1 Å². The molecule has 0 spiro atoms.